The topological polar surface area (TPSA) is 108 Å². The molecule has 3 atom stereocenters. The molecule has 0 saturated carbocycles. The fourth-order valence-electron chi connectivity index (χ4n) is 8.82. The minimum absolute atomic E-state index is 0.0164. The number of hydrogen-bond acceptors (Lipinski definition) is 6. The van der Waals surface area contributed by atoms with E-state index in [0.717, 1.165) is 122 Å². The smallest absolute Gasteiger partial charge is 0.268 e. The number of allylic oxidation sites excluding steroid dienone is 25. The Bertz CT molecular complexity index is 1910. The third-order valence-corrected chi connectivity index (χ3v) is 14.9. The molecule has 0 bridgehead atoms. The number of amides is 1. The van der Waals surface area contributed by atoms with E-state index in [0.29, 0.717) is 17.4 Å². The van der Waals surface area contributed by atoms with E-state index in [1.165, 1.54) is 109 Å². The maximum absolute atomic E-state index is 13.0. The summed E-state index contributed by atoms with van der Waals surface area (Å²) in [4.78, 5) is 25.6. The Morgan fingerprint density at radius 2 is 0.747 bits per heavy atom. The molecule has 0 spiro atoms. The van der Waals surface area contributed by atoms with Crippen molar-refractivity contribution in [2.45, 2.75) is 264 Å². The number of aliphatic hydroxyl groups is 1. The summed E-state index contributed by atoms with van der Waals surface area (Å²) in [6, 6.07) is -0.922. The normalized spacial score (nSPS) is 14.7. The number of phosphoric acid groups is 1. The van der Waals surface area contributed by atoms with Crippen LogP contribution in [-0.4, -0.2) is 68.5 Å². The van der Waals surface area contributed by atoms with Gasteiger partial charge in [-0.1, -0.05) is 287 Å². The first-order valence-electron chi connectivity index (χ1n) is 33.3. The zero-order chi connectivity index (χ0) is 60.5. The average molecular weight is 1170 g/mol. The van der Waals surface area contributed by atoms with Crippen LogP contribution in [0.4, 0.5) is 0 Å². The van der Waals surface area contributed by atoms with E-state index in [-0.39, 0.29) is 12.5 Å². The highest BCUT2D eigenvalue weighted by atomic mass is 31.2. The van der Waals surface area contributed by atoms with Crippen molar-refractivity contribution in [3.05, 3.63) is 158 Å². The molecule has 472 valence electrons. The standard InChI is InChI=1S/C74H125N2O6P/c1-6-8-10-12-14-16-18-20-22-24-26-28-29-30-31-32-33-34-35-36-37-38-39-40-41-42-43-44-45-46-47-48-50-52-54-56-58-60-62-64-66-68-74(78)75-72(71-82-83(79,80)81-70-69-76(3,4)5)73(77)67-65-63-61-59-57-55-53-51-49-27-25-23-21-19-17-15-13-11-9-7-2/h8,10,14,16,20,22,26,28,30-31,33-34,36-37,39-40,42-43,45-46,48,50,57,59,65,67,72-73,77H,6-7,9,11-13,15,17-19,21,23-25,27,29,32,35,38,41,44,47,49,51-56,58,60-64,66,68-71H2,1-5H3,(H-,75,78,79,80)/b10-8-,16-14-,22-20-,28-26-,31-30-,34-33-,37-36-,40-39-,43-42-,46-45-,50-48-,59-57+,67-65+. The molecule has 0 aliphatic heterocycles. The molecule has 0 aliphatic carbocycles. The van der Waals surface area contributed by atoms with Gasteiger partial charge in [0.2, 0.25) is 5.91 Å². The molecule has 0 aliphatic rings. The molecule has 0 aromatic rings. The lowest BCUT2D eigenvalue weighted by Gasteiger charge is -2.29. The van der Waals surface area contributed by atoms with Crippen LogP contribution in [0.25, 0.3) is 0 Å². The number of nitrogens with zero attached hydrogens (tertiary/aromatic N) is 1. The van der Waals surface area contributed by atoms with Crippen molar-refractivity contribution in [1.29, 1.82) is 0 Å². The van der Waals surface area contributed by atoms with E-state index < -0.39 is 26.6 Å². The van der Waals surface area contributed by atoms with Gasteiger partial charge in [-0.25, -0.2) is 0 Å². The van der Waals surface area contributed by atoms with Gasteiger partial charge in [0.05, 0.1) is 39.9 Å². The quantitative estimate of drug-likeness (QED) is 0.0272. The molecule has 0 heterocycles. The van der Waals surface area contributed by atoms with Crippen LogP contribution in [0, 0.1) is 0 Å². The van der Waals surface area contributed by atoms with Crippen LogP contribution in [0.15, 0.2) is 158 Å². The van der Waals surface area contributed by atoms with Gasteiger partial charge < -0.3 is 28.8 Å². The fraction of sp³-hybridized carbons (Fsp3) is 0.635. The highest BCUT2D eigenvalue weighted by molar-refractivity contribution is 7.45. The highest BCUT2D eigenvalue weighted by Crippen LogP contribution is 2.38. The van der Waals surface area contributed by atoms with Crippen LogP contribution in [0.5, 0.6) is 0 Å². The molecular formula is C74H125N2O6P. The van der Waals surface area contributed by atoms with Gasteiger partial charge in [-0.15, -0.1) is 0 Å². The van der Waals surface area contributed by atoms with Crippen molar-refractivity contribution in [3.8, 4) is 0 Å². The summed E-state index contributed by atoms with van der Waals surface area (Å²) in [6.45, 7) is 4.50. The van der Waals surface area contributed by atoms with Crippen molar-refractivity contribution < 1.29 is 32.9 Å². The third-order valence-electron chi connectivity index (χ3n) is 14.0. The largest absolute Gasteiger partial charge is 0.756 e. The number of unbranched alkanes of at least 4 members (excludes halogenated alkanes) is 22. The van der Waals surface area contributed by atoms with Gasteiger partial charge >= 0.3 is 0 Å². The van der Waals surface area contributed by atoms with Crippen LogP contribution in [-0.2, 0) is 18.4 Å². The van der Waals surface area contributed by atoms with Crippen molar-refractivity contribution in [1.82, 2.24) is 5.32 Å². The zero-order valence-corrected chi connectivity index (χ0v) is 54.7. The summed E-state index contributed by atoms with van der Waals surface area (Å²) < 4.78 is 23.4. The van der Waals surface area contributed by atoms with Crippen molar-refractivity contribution in [2.75, 3.05) is 40.9 Å². The predicted molar refractivity (Wildman–Crippen MR) is 361 cm³/mol. The van der Waals surface area contributed by atoms with Crippen LogP contribution in [0.1, 0.15) is 251 Å². The van der Waals surface area contributed by atoms with Crippen molar-refractivity contribution >= 4 is 13.7 Å². The first-order valence-corrected chi connectivity index (χ1v) is 34.8. The van der Waals surface area contributed by atoms with Crippen LogP contribution in [0.3, 0.4) is 0 Å². The van der Waals surface area contributed by atoms with Gasteiger partial charge in [-0.05, 0) is 116 Å². The summed E-state index contributed by atoms with van der Waals surface area (Å²) in [5, 5.41) is 13.9. The third kappa shape index (κ3) is 65.5. The number of aliphatic hydroxyl groups excluding tert-OH is 1. The summed E-state index contributed by atoms with van der Waals surface area (Å²) in [5.74, 6) is -0.224. The summed E-state index contributed by atoms with van der Waals surface area (Å²) in [5.41, 5.74) is 0. The lowest BCUT2D eigenvalue weighted by molar-refractivity contribution is -0.870. The van der Waals surface area contributed by atoms with Crippen LogP contribution < -0.4 is 10.2 Å². The molecule has 83 heavy (non-hydrogen) atoms. The monoisotopic (exact) mass is 1170 g/mol. The minimum atomic E-state index is -4.62. The SMILES string of the molecule is CC/C=C\C/C=C\C/C=C\C/C=C\C/C=C\C/C=C\C/C=C\C/C=C\C/C=C\C/C=C\C/C=C\CCCCCCCCCC(=O)NC(COP(=O)([O-])OCC[N+](C)(C)C)C(O)/C=C/CC/C=C/CCCCCCCCCCCCCCCC. The molecule has 9 heteroatoms. The summed E-state index contributed by atoms with van der Waals surface area (Å²) in [7, 11) is 1.22. The Hall–Kier alpha value is -3.88. The van der Waals surface area contributed by atoms with Gasteiger partial charge in [0.25, 0.3) is 7.82 Å². The first-order chi connectivity index (χ1) is 40.5. The van der Waals surface area contributed by atoms with Crippen LogP contribution in [0.2, 0.25) is 0 Å². The maximum atomic E-state index is 13.0. The number of likely N-dealkylation sites (N-methyl/N-ethyl adjacent to an activating group) is 1. The molecule has 0 fully saturated rings. The Labute approximate surface area is 511 Å². The second-order valence-electron chi connectivity index (χ2n) is 23.1. The number of quaternary nitrogens is 1. The van der Waals surface area contributed by atoms with Crippen LogP contribution >= 0.6 is 7.82 Å². The molecule has 3 unspecified atom stereocenters. The summed E-state index contributed by atoms with van der Waals surface area (Å²) >= 11 is 0. The molecule has 2 N–H and O–H groups in total. The molecular weight excluding hydrogens is 1040 g/mol. The second-order valence-corrected chi connectivity index (χ2v) is 24.5. The van der Waals surface area contributed by atoms with E-state index in [2.05, 4.69) is 165 Å². The number of hydrogen-bond donors (Lipinski definition) is 2. The average Bonchev–Trinajstić information content (AvgIpc) is 3.49. The summed E-state index contributed by atoms with van der Waals surface area (Å²) in [6.07, 6.45) is 97.7. The van der Waals surface area contributed by atoms with Gasteiger partial charge in [-0.2, -0.15) is 0 Å². The Morgan fingerprint density at radius 3 is 1.12 bits per heavy atom. The van der Waals surface area contributed by atoms with E-state index in [4.69, 9.17) is 9.05 Å². The van der Waals surface area contributed by atoms with E-state index in [9.17, 15) is 19.4 Å². The van der Waals surface area contributed by atoms with E-state index in [1.807, 2.05) is 27.2 Å². The zero-order valence-electron chi connectivity index (χ0n) is 53.8. The van der Waals surface area contributed by atoms with Crippen molar-refractivity contribution in [3.63, 3.8) is 0 Å². The number of rotatable bonds is 59. The number of carbonyl (C=O) groups excluding carboxylic acids is 1. The van der Waals surface area contributed by atoms with Gasteiger partial charge in [-0.3, -0.25) is 9.36 Å². The highest BCUT2D eigenvalue weighted by Gasteiger charge is 2.23. The minimum Gasteiger partial charge on any atom is -0.756 e. The van der Waals surface area contributed by atoms with Crippen molar-refractivity contribution in [2.24, 2.45) is 0 Å². The first kappa shape index (κ1) is 79.1. The lowest BCUT2D eigenvalue weighted by Crippen LogP contribution is -2.45. The molecule has 0 rings (SSSR count). The molecule has 0 saturated heterocycles. The Morgan fingerprint density at radius 1 is 0.434 bits per heavy atom. The Kier molecular flexibility index (Phi) is 59.7. The molecule has 8 nitrogen and oxygen atoms in total. The Balaban J connectivity index is 4.20. The maximum Gasteiger partial charge on any atom is 0.268 e. The van der Waals surface area contributed by atoms with Gasteiger partial charge in [0, 0.05) is 6.42 Å². The number of phosphoric ester groups is 1. The molecule has 0 aromatic heterocycles. The second kappa shape index (κ2) is 62.6. The number of carbonyl (C=O) groups is 1. The molecule has 0 radical (unpaired) electrons. The fourth-order valence-corrected chi connectivity index (χ4v) is 9.54. The molecule has 1 amide bonds. The lowest BCUT2D eigenvalue weighted by atomic mass is 10.0. The van der Waals surface area contributed by atoms with E-state index >= 15 is 0 Å². The van der Waals surface area contributed by atoms with Gasteiger partial charge in [0.1, 0.15) is 13.2 Å². The predicted octanol–water partition coefficient (Wildman–Crippen LogP) is 20.7. The molecule has 0 aromatic carbocycles. The van der Waals surface area contributed by atoms with E-state index in [1.54, 1.807) is 6.08 Å². The number of nitrogens with one attached hydrogen (secondary N) is 1. The van der Waals surface area contributed by atoms with Gasteiger partial charge in [0.15, 0.2) is 0 Å².